The number of hydrogen-bond donors (Lipinski definition) is 2. The quantitative estimate of drug-likeness (QED) is 0.502. The third-order valence-corrected chi connectivity index (χ3v) is 2.45. The molecule has 0 unspecified atom stereocenters. The summed E-state index contributed by atoms with van der Waals surface area (Å²) in [5.74, 6) is -0.299. The number of nitro benzene ring substituents is 1. The second-order valence-corrected chi connectivity index (χ2v) is 3.75. The molecular formula is C13H10N2O4. The van der Waals surface area contributed by atoms with Crippen molar-refractivity contribution in [1.29, 1.82) is 0 Å². The van der Waals surface area contributed by atoms with E-state index in [1.54, 1.807) is 12.1 Å². The summed E-state index contributed by atoms with van der Waals surface area (Å²) < 4.78 is 0. The molecule has 0 aliphatic rings. The Labute approximate surface area is 108 Å². The monoisotopic (exact) mass is 258 g/mol. The molecule has 0 saturated heterocycles. The van der Waals surface area contributed by atoms with Gasteiger partial charge in [0.25, 0.3) is 0 Å². The first-order valence-corrected chi connectivity index (χ1v) is 5.37. The zero-order chi connectivity index (χ0) is 13.8. The number of nitro groups is 1. The summed E-state index contributed by atoms with van der Waals surface area (Å²) in [5.41, 5.74) is 0.445. The molecule has 19 heavy (non-hydrogen) atoms. The van der Waals surface area contributed by atoms with Crippen molar-refractivity contribution in [2.75, 3.05) is 0 Å². The first-order chi connectivity index (χ1) is 9.08. The highest BCUT2D eigenvalue weighted by Crippen LogP contribution is 2.28. The van der Waals surface area contributed by atoms with Crippen LogP contribution in [0.15, 0.2) is 47.5 Å². The highest BCUT2D eigenvalue weighted by Gasteiger charge is 2.14. The standard InChI is InChI=1S/C13H10N2O4/c16-11-6-4-10(5-7-11)14-8-9-2-1-3-12(13(9)17)15(18)19/h1-8,16-17H. The van der Waals surface area contributed by atoms with Gasteiger partial charge in [-0.15, -0.1) is 0 Å². The minimum absolute atomic E-state index is 0.122. The maximum atomic E-state index is 10.7. The lowest BCUT2D eigenvalue weighted by Crippen LogP contribution is -1.91. The number of benzene rings is 2. The van der Waals surface area contributed by atoms with Crippen molar-refractivity contribution in [2.45, 2.75) is 0 Å². The van der Waals surface area contributed by atoms with Gasteiger partial charge in [-0.3, -0.25) is 15.1 Å². The lowest BCUT2D eigenvalue weighted by atomic mass is 10.2. The van der Waals surface area contributed by atoms with Crippen LogP contribution in [-0.2, 0) is 0 Å². The molecule has 0 radical (unpaired) electrons. The van der Waals surface area contributed by atoms with Crippen LogP contribution < -0.4 is 0 Å². The van der Waals surface area contributed by atoms with E-state index < -0.39 is 10.7 Å². The van der Waals surface area contributed by atoms with E-state index in [2.05, 4.69) is 4.99 Å². The molecule has 6 nitrogen and oxygen atoms in total. The molecule has 2 rings (SSSR count). The molecule has 0 aliphatic heterocycles. The van der Waals surface area contributed by atoms with Gasteiger partial charge >= 0.3 is 5.69 Å². The summed E-state index contributed by atoms with van der Waals surface area (Å²) in [6, 6.07) is 10.3. The van der Waals surface area contributed by atoms with Crippen LogP contribution in [0.25, 0.3) is 0 Å². The Balaban J connectivity index is 2.31. The number of para-hydroxylation sites is 1. The lowest BCUT2D eigenvalue weighted by molar-refractivity contribution is -0.385. The molecule has 0 atom stereocenters. The van der Waals surface area contributed by atoms with E-state index in [1.807, 2.05) is 0 Å². The highest BCUT2D eigenvalue weighted by atomic mass is 16.6. The highest BCUT2D eigenvalue weighted by molar-refractivity contribution is 5.87. The Morgan fingerprint density at radius 2 is 1.79 bits per heavy atom. The van der Waals surface area contributed by atoms with Crippen molar-refractivity contribution in [3.63, 3.8) is 0 Å². The molecule has 2 N–H and O–H groups in total. The maximum absolute atomic E-state index is 10.7. The fourth-order valence-corrected chi connectivity index (χ4v) is 1.48. The first kappa shape index (κ1) is 12.6. The van der Waals surface area contributed by atoms with Gasteiger partial charge in [0.15, 0.2) is 0 Å². The molecule has 96 valence electrons. The molecule has 0 aromatic heterocycles. The number of rotatable bonds is 3. The Hall–Kier alpha value is -2.89. The predicted molar refractivity (Wildman–Crippen MR) is 70.1 cm³/mol. The predicted octanol–water partition coefficient (Wildman–Crippen LogP) is 2.76. The smallest absolute Gasteiger partial charge is 0.311 e. The van der Waals surface area contributed by atoms with E-state index in [0.29, 0.717) is 5.69 Å². The van der Waals surface area contributed by atoms with E-state index in [4.69, 9.17) is 5.11 Å². The summed E-state index contributed by atoms with van der Waals surface area (Å²) >= 11 is 0. The fraction of sp³-hybridized carbons (Fsp3) is 0. The second-order valence-electron chi connectivity index (χ2n) is 3.75. The van der Waals surface area contributed by atoms with Gasteiger partial charge < -0.3 is 10.2 Å². The van der Waals surface area contributed by atoms with Crippen molar-refractivity contribution in [3.05, 3.63) is 58.1 Å². The van der Waals surface area contributed by atoms with Crippen LogP contribution in [0.3, 0.4) is 0 Å². The topological polar surface area (TPSA) is 96.0 Å². The number of phenols is 2. The van der Waals surface area contributed by atoms with Crippen LogP contribution in [0, 0.1) is 10.1 Å². The summed E-state index contributed by atoms with van der Waals surface area (Å²) in [6.07, 6.45) is 1.33. The molecule has 2 aromatic carbocycles. The average Bonchev–Trinajstić information content (AvgIpc) is 2.39. The molecule has 0 aliphatic carbocycles. The van der Waals surface area contributed by atoms with E-state index in [9.17, 15) is 15.2 Å². The van der Waals surface area contributed by atoms with Crippen LogP contribution in [0.5, 0.6) is 11.5 Å². The Kier molecular flexibility index (Phi) is 3.42. The molecule has 0 bridgehead atoms. The number of hydrogen-bond acceptors (Lipinski definition) is 5. The Bertz CT molecular complexity index is 636. The molecule has 2 aromatic rings. The minimum Gasteiger partial charge on any atom is -0.508 e. The van der Waals surface area contributed by atoms with Crippen LogP contribution in [0.2, 0.25) is 0 Å². The normalized spacial score (nSPS) is 10.7. The van der Waals surface area contributed by atoms with Gasteiger partial charge in [-0.1, -0.05) is 6.07 Å². The van der Waals surface area contributed by atoms with Crippen LogP contribution in [0.4, 0.5) is 11.4 Å². The summed E-state index contributed by atoms with van der Waals surface area (Å²) in [5, 5.41) is 29.5. The van der Waals surface area contributed by atoms with Gasteiger partial charge in [0, 0.05) is 17.8 Å². The first-order valence-electron chi connectivity index (χ1n) is 5.37. The average molecular weight is 258 g/mol. The van der Waals surface area contributed by atoms with Gasteiger partial charge in [0.2, 0.25) is 5.75 Å². The maximum Gasteiger partial charge on any atom is 0.311 e. The summed E-state index contributed by atoms with van der Waals surface area (Å²) in [4.78, 5) is 14.1. The Morgan fingerprint density at radius 1 is 1.11 bits per heavy atom. The number of aliphatic imine (C=N–C) groups is 1. The van der Waals surface area contributed by atoms with Crippen LogP contribution in [-0.4, -0.2) is 21.4 Å². The zero-order valence-electron chi connectivity index (χ0n) is 9.72. The second kappa shape index (κ2) is 5.18. The van der Waals surface area contributed by atoms with Crippen molar-refractivity contribution < 1.29 is 15.1 Å². The van der Waals surface area contributed by atoms with E-state index >= 15 is 0 Å². The van der Waals surface area contributed by atoms with Gasteiger partial charge in [-0.25, -0.2) is 0 Å². The fourth-order valence-electron chi connectivity index (χ4n) is 1.48. The zero-order valence-corrected chi connectivity index (χ0v) is 9.72. The van der Waals surface area contributed by atoms with Gasteiger partial charge in [0.05, 0.1) is 10.6 Å². The third kappa shape index (κ3) is 2.86. The van der Waals surface area contributed by atoms with Gasteiger partial charge in [0.1, 0.15) is 5.75 Å². The molecule has 0 saturated carbocycles. The SMILES string of the molecule is O=[N+]([O-])c1cccc(C=Nc2ccc(O)cc2)c1O. The number of aromatic hydroxyl groups is 2. The van der Waals surface area contributed by atoms with Crippen LogP contribution in [0.1, 0.15) is 5.56 Å². The largest absolute Gasteiger partial charge is 0.508 e. The van der Waals surface area contributed by atoms with Gasteiger partial charge in [-0.05, 0) is 30.3 Å². The Morgan fingerprint density at radius 3 is 2.42 bits per heavy atom. The van der Waals surface area contributed by atoms with E-state index in [-0.39, 0.29) is 17.0 Å². The molecule has 0 heterocycles. The van der Waals surface area contributed by atoms with Crippen molar-refractivity contribution >= 4 is 17.6 Å². The number of nitrogens with zero attached hydrogens (tertiary/aromatic N) is 2. The molecule has 0 fully saturated rings. The number of phenolic OH excluding ortho intramolecular Hbond substituents is 2. The lowest BCUT2D eigenvalue weighted by Gasteiger charge is -1.99. The summed E-state index contributed by atoms with van der Waals surface area (Å²) in [6.45, 7) is 0. The van der Waals surface area contributed by atoms with Crippen LogP contribution >= 0.6 is 0 Å². The molecule has 6 heteroatoms. The van der Waals surface area contributed by atoms with Crippen molar-refractivity contribution in [3.8, 4) is 11.5 Å². The minimum atomic E-state index is -0.659. The van der Waals surface area contributed by atoms with Crippen molar-refractivity contribution in [1.82, 2.24) is 0 Å². The third-order valence-electron chi connectivity index (χ3n) is 2.45. The molecule has 0 spiro atoms. The van der Waals surface area contributed by atoms with Gasteiger partial charge in [-0.2, -0.15) is 0 Å². The van der Waals surface area contributed by atoms with Crippen molar-refractivity contribution in [2.24, 2.45) is 4.99 Å². The van der Waals surface area contributed by atoms with E-state index in [1.165, 1.54) is 36.5 Å². The summed E-state index contributed by atoms with van der Waals surface area (Å²) in [7, 11) is 0. The molecular weight excluding hydrogens is 248 g/mol. The molecule has 0 amide bonds. The van der Waals surface area contributed by atoms with E-state index in [0.717, 1.165) is 0 Å².